The molecule has 0 fully saturated rings. The number of hydrogen-bond acceptors (Lipinski definition) is 3. The Morgan fingerprint density at radius 3 is 2.82 bits per heavy atom. The summed E-state index contributed by atoms with van der Waals surface area (Å²) in [6.07, 6.45) is 2.13. The number of carboxylic acid groups (broad SMARTS) is 1. The summed E-state index contributed by atoms with van der Waals surface area (Å²) in [5.41, 5.74) is 0. The van der Waals surface area contributed by atoms with E-state index in [-0.39, 0.29) is 6.61 Å². The number of ether oxygens (including phenoxy) is 1. The van der Waals surface area contributed by atoms with Crippen LogP contribution in [0.25, 0.3) is 0 Å². The van der Waals surface area contributed by atoms with Gasteiger partial charge in [-0.05, 0) is 6.08 Å². The van der Waals surface area contributed by atoms with E-state index in [0.717, 1.165) is 12.2 Å². The molecule has 0 aliphatic heterocycles. The molecule has 0 aliphatic carbocycles. The van der Waals surface area contributed by atoms with Gasteiger partial charge < -0.3 is 14.9 Å². The van der Waals surface area contributed by atoms with Crippen LogP contribution in [-0.2, 0) is 9.53 Å². The van der Waals surface area contributed by atoms with Crippen molar-refractivity contribution in [3.63, 3.8) is 0 Å². The highest BCUT2D eigenvalue weighted by atomic mass is 16.6. The minimum absolute atomic E-state index is 0.186. The molecule has 0 saturated carbocycles. The summed E-state index contributed by atoms with van der Waals surface area (Å²) in [6.45, 7) is 3.54. The summed E-state index contributed by atoms with van der Waals surface area (Å²) in [4.78, 5) is 9.90. The zero-order chi connectivity index (χ0) is 8.69. The van der Waals surface area contributed by atoms with Gasteiger partial charge in [-0.1, -0.05) is 6.08 Å². The molecule has 0 saturated heterocycles. The van der Waals surface area contributed by atoms with Gasteiger partial charge in [0.1, 0.15) is 0 Å². The molecule has 0 radical (unpaired) electrons. The van der Waals surface area contributed by atoms with E-state index in [9.17, 15) is 4.79 Å². The Balaban J connectivity index is 3.58. The predicted molar refractivity (Wildman–Crippen MR) is 38.9 cm³/mol. The first-order valence-corrected chi connectivity index (χ1v) is 2.98. The fourth-order valence-electron chi connectivity index (χ4n) is 0.387. The standard InChI is InChI=1S/C7H10O4/c1-2-5-11-7(10)4-3-6(8)9/h2-4,7,10H,1,5H2,(H,8,9)/b4-3-. The molecular formula is C7H10O4. The Labute approximate surface area is 64.4 Å². The second-order valence-electron chi connectivity index (χ2n) is 1.71. The third-order valence-electron chi connectivity index (χ3n) is 0.788. The number of aliphatic carboxylic acids is 1. The van der Waals surface area contributed by atoms with Crippen molar-refractivity contribution in [2.24, 2.45) is 0 Å². The van der Waals surface area contributed by atoms with Crippen molar-refractivity contribution in [1.29, 1.82) is 0 Å². The largest absolute Gasteiger partial charge is 0.478 e. The summed E-state index contributed by atoms with van der Waals surface area (Å²) in [5.74, 6) is -1.12. The molecule has 2 N–H and O–H groups in total. The molecule has 0 bridgehead atoms. The lowest BCUT2D eigenvalue weighted by Crippen LogP contribution is -2.08. The smallest absolute Gasteiger partial charge is 0.328 e. The summed E-state index contributed by atoms with van der Waals surface area (Å²) in [6, 6.07) is 0. The Hall–Kier alpha value is -1.13. The Morgan fingerprint density at radius 2 is 2.36 bits per heavy atom. The minimum atomic E-state index is -1.18. The van der Waals surface area contributed by atoms with Gasteiger partial charge in [0.2, 0.25) is 0 Å². The molecule has 0 spiro atoms. The van der Waals surface area contributed by atoms with Gasteiger partial charge in [-0.15, -0.1) is 6.58 Å². The fraction of sp³-hybridized carbons (Fsp3) is 0.286. The molecule has 1 unspecified atom stereocenters. The minimum Gasteiger partial charge on any atom is -0.478 e. The highest BCUT2D eigenvalue weighted by Crippen LogP contribution is 1.88. The van der Waals surface area contributed by atoms with E-state index in [0.29, 0.717) is 0 Å². The third kappa shape index (κ3) is 6.76. The summed E-state index contributed by atoms with van der Waals surface area (Å²) in [7, 11) is 0. The van der Waals surface area contributed by atoms with Crippen LogP contribution >= 0.6 is 0 Å². The van der Waals surface area contributed by atoms with E-state index in [2.05, 4.69) is 11.3 Å². The van der Waals surface area contributed by atoms with Crippen LogP contribution in [0.1, 0.15) is 0 Å². The van der Waals surface area contributed by atoms with Crippen molar-refractivity contribution in [1.82, 2.24) is 0 Å². The van der Waals surface area contributed by atoms with Crippen LogP contribution in [0.5, 0.6) is 0 Å². The number of rotatable bonds is 5. The number of aliphatic hydroxyl groups is 1. The van der Waals surface area contributed by atoms with Gasteiger partial charge in [0.05, 0.1) is 6.61 Å². The lowest BCUT2D eigenvalue weighted by atomic mass is 10.5. The highest BCUT2D eigenvalue weighted by Gasteiger charge is 1.96. The molecule has 0 heterocycles. The van der Waals surface area contributed by atoms with Crippen LogP contribution in [0, 0.1) is 0 Å². The molecule has 0 aromatic rings. The van der Waals surface area contributed by atoms with Crippen molar-refractivity contribution >= 4 is 5.97 Å². The molecule has 62 valence electrons. The first kappa shape index (κ1) is 9.87. The van der Waals surface area contributed by atoms with Gasteiger partial charge in [0.25, 0.3) is 0 Å². The molecule has 1 atom stereocenters. The van der Waals surface area contributed by atoms with E-state index in [1.165, 1.54) is 6.08 Å². The molecule has 0 aromatic heterocycles. The van der Waals surface area contributed by atoms with Crippen LogP contribution in [-0.4, -0.2) is 29.1 Å². The second-order valence-corrected chi connectivity index (χ2v) is 1.71. The van der Waals surface area contributed by atoms with Crippen LogP contribution in [0.4, 0.5) is 0 Å². The molecule has 4 heteroatoms. The second kappa shape index (κ2) is 5.64. The van der Waals surface area contributed by atoms with E-state index < -0.39 is 12.3 Å². The number of carbonyl (C=O) groups is 1. The van der Waals surface area contributed by atoms with Crippen molar-refractivity contribution in [2.45, 2.75) is 6.29 Å². The van der Waals surface area contributed by atoms with Crippen molar-refractivity contribution in [3.05, 3.63) is 24.8 Å². The zero-order valence-corrected chi connectivity index (χ0v) is 5.93. The molecular weight excluding hydrogens is 148 g/mol. The monoisotopic (exact) mass is 158 g/mol. The lowest BCUT2D eigenvalue weighted by Gasteiger charge is -2.02. The summed E-state index contributed by atoms with van der Waals surface area (Å²) < 4.78 is 4.63. The first-order valence-electron chi connectivity index (χ1n) is 2.98. The van der Waals surface area contributed by atoms with Gasteiger partial charge in [0.15, 0.2) is 6.29 Å². The number of hydrogen-bond donors (Lipinski definition) is 2. The third-order valence-corrected chi connectivity index (χ3v) is 0.788. The maximum atomic E-state index is 9.90. The molecule has 0 aliphatic rings. The summed E-state index contributed by atoms with van der Waals surface area (Å²) in [5, 5.41) is 16.9. The van der Waals surface area contributed by atoms with E-state index >= 15 is 0 Å². The lowest BCUT2D eigenvalue weighted by molar-refractivity contribution is -0.131. The molecule has 11 heavy (non-hydrogen) atoms. The fourth-order valence-corrected chi connectivity index (χ4v) is 0.387. The van der Waals surface area contributed by atoms with E-state index in [1.807, 2.05) is 0 Å². The van der Waals surface area contributed by atoms with E-state index in [1.54, 1.807) is 0 Å². The SMILES string of the molecule is C=CCOC(O)/C=C\C(=O)O. The van der Waals surface area contributed by atoms with Gasteiger partial charge in [-0.2, -0.15) is 0 Å². The quantitative estimate of drug-likeness (QED) is 0.339. The van der Waals surface area contributed by atoms with Gasteiger partial charge in [-0.3, -0.25) is 0 Å². The summed E-state index contributed by atoms with van der Waals surface area (Å²) >= 11 is 0. The molecule has 0 amide bonds. The first-order chi connectivity index (χ1) is 5.16. The number of aliphatic hydroxyl groups excluding tert-OH is 1. The average Bonchev–Trinajstić information content (AvgIpc) is 1.97. The van der Waals surface area contributed by atoms with Crippen LogP contribution < -0.4 is 0 Å². The Kier molecular flexibility index (Phi) is 5.06. The molecule has 0 rings (SSSR count). The topological polar surface area (TPSA) is 66.8 Å². The normalized spacial score (nSPS) is 13.2. The van der Waals surface area contributed by atoms with Crippen molar-refractivity contribution < 1.29 is 19.7 Å². The van der Waals surface area contributed by atoms with Crippen molar-refractivity contribution in [2.75, 3.05) is 6.61 Å². The Bertz CT molecular complexity index is 162. The zero-order valence-electron chi connectivity index (χ0n) is 5.93. The van der Waals surface area contributed by atoms with Crippen molar-refractivity contribution in [3.8, 4) is 0 Å². The van der Waals surface area contributed by atoms with Crippen LogP contribution in [0.15, 0.2) is 24.8 Å². The van der Waals surface area contributed by atoms with Crippen LogP contribution in [0.2, 0.25) is 0 Å². The van der Waals surface area contributed by atoms with Gasteiger partial charge in [0, 0.05) is 6.08 Å². The number of carboxylic acids is 1. The maximum Gasteiger partial charge on any atom is 0.328 e. The van der Waals surface area contributed by atoms with Gasteiger partial charge >= 0.3 is 5.97 Å². The average molecular weight is 158 g/mol. The maximum absolute atomic E-state index is 9.90. The van der Waals surface area contributed by atoms with Crippen LogP contribution in [0.3, 0.4) is 0 Å². The molecule has 0 aromatic carbocycles. The van der Waals surface area contributed by atoms with Gasteiger partial charge in [-0.25, -0.2) is 4.79 Å². The Morgan fingerprint density at radius 1 is 1.73 bits per heavy atom. The van der Waals surface area contributed by atoms with E-state index in [4.69, 9.17) is 10.2 Å². The highest BCUT2D eigenvalue weighted by molar-refractivity contribution is 5.79. The predicted octanol–water partition coefficient (Wildman–Crippen LogP) is 0.148. The molecule has 4 nitrogen and oxygen atoms in total.